The molecular weight excluding hydrogens is 443 g/mol. The third-order valence-electron chi connectivity index (χ3n) is 3.16. The fourth-order valence-corrected chi connectivity index (χ4v) is 2.38. The van der Waals surface area contributed by atoms with Crippen LogP contribution in [0, 0.1) is 13.7 Å². The van der Waals surface area contributed by atoms with Gasteiger partial charge in [0.1, 0.15) is 11.3 Å². The fraction of sp³-hybridized carbons (Fsp3) is 0.125. The molecule has 1 amide bonds. The second-order valence-corrected chi connectivity index (χ2v) is 6.25. The Morgan fingerprint density at radius 3 is 2.68 bits per heavy atom. The molecule has 2 aromatic rings. The molecule has 8 nitrogen and oxygen atoms in total. The molecule has 2 aromatic carbocycles. The van der Waals surface area contributed by atoms with E-state index in [1.165, 1.54) is 43.3 Å². The van der Waals surface area contributed by atoms with Crippen LogP contribution in [0.5, 0.6) is 5.75 Å². The molecule has 0 saturated carbocycles. The minimum absolute atomic E-state index is 0.0538. The molecule has 0 radical (unpaired) electrons. The molecule has 9 heteroatoms. The van der Waals surface area contributed by atoms with Crippen molar-refractivity contribution in [3.63, 3.8) is 0 Å². The van der Waals surface area contributed by atoms with Crippen molar-refractivity contribution in [1.82, 2.24) is 0 Å². The summed E-state index contributed by atoms with van der Waals surface area (Å²) < 4.78 is 5.75. The quantitative estimate of drug-likeness (QED) is 0.309. The maximum atomic E-state index is 12.1. The van der Waals surface area contributed by atoms with Gasteiger partial charge in [0.15, 0.2) is 6.10 Å². The number of hydrogen-bond acceptors (Lipinski definition) is 6. The van der Waals surface area contributed by atoms with E-state index in [4.69, 9.17) is 4.74 Å². The van der Waals surface area contributed by atoms with Gasteiger partial charge in [-0.15, -0.1) is 0 Å². The van der Waals surface area contributed by atoms with E-state index < -0.39 is 22.9 Å². The van der Waals surface area contributed by atoms with Gasteiger partial charge in [0.2, 0.25) is 0 Å². The van der Waals surface area contributed by atoms with Gasteiger partial charge in [-0.25, -0.2) is 4.79 Å². The van der Waals surface area contributed by atoms with E-state index >= 15 is 0 Å². The lowest BCUT2D eigenvalue weighted by Crippen LogP contribution is -2.30. The lowest BCUT2D eigenvalue weighted by Gasteiger charge is -2.14. The average Bonchev–Trinajstić information content (AvgIpc) is 2.57. The van der Waals surface area contributed by atoms with E-state index in [1.54, 1.807) is 6.07 Å². The van der Waals surface area contributed by atoms with Crippen LogP contribution in [-0.4, -0.2) is 28.0 Å². The Labute approximate surface area is 156 Å². The van der Waals surface area contributed by atoms with Gasteiger partial charge in [0, 0.05) is 21.4 Å². The van der Waals surface area contributed by atoms with E-state index in [0.717, 1.165) is 3.57 Å². The lowest BCUT2D eigenvalue weighted by molar-refractivity contribution is -0.384. The standard InChI is InChI=1S/C16H13IN2O6/c1-9(25-16(22)13-7-10(17)5-6-14(13)20)15(21)18-11-3-2-4-12(8-11)19(23)24/h2-9,20H,1H3,(H,18,21). The molecule has 0 bridgehead atoms. The second-order valence-electron chi connectivity index (χ2n) is 5.01. The number of rotatable bonds is 5. The van der Waals surface area contributed by atoms with Crippen LogP contribution in [0.25, 0.3) is 0 Å². The summed E-state index contributed by atoms with van der Waals surface area (Å²) >= 11 is 1.97. The molecule has 0 aliphatic rings. The topological polar surface area (TPSA) is 119 Å². The molecule has 1 unspecified atom stereocenters. The van der Waals surface area contributed by atoms with Gasteiger partial charge >= 0.3 is 5.97 Å². The Hall–Kier alpha value is -2.69. The molecule has 0 fully saturated rings. The summed E-state index contributed by atoms with van der Waals surface area (Å²) in [5, 5.41) is 22.9. The van der Waals surface area contributed by atoms with E-state index in [0.29, 0.717) is 0 Å². The molecular formula is C16H13IN2O6. The molecule has 2 N–H and O–H groups in total. The number of esters is 1. The summed E-state index contributed by atoms with van der Waals surface area (Å²) in [4.78, 5) is 34.3. The first-order chi connectivity index (χ1) is 11.8. The van der Waals surface area contributed by atoms with Crippen LogP contribution in [0.1, 0.15) is 17.3 Å². The molecule has 2 rings (SSSR count). The SMILES string of the molecule is CC(OC(=O)c1cc(I)ccc1O)C(=O)Nc1cccc([N+](=O)[O-])c1. The predicted octanol–water partition coefficient (Wildman–Crippen LogP) is 3.09. The number of nitrogens with one attached hydrogen (secondary N) is 1. The predicted molar refractivity (Wildman–Crippen MR) is 97.4 cm³/mol. The number of nitrogens with zero attached hydrogens (tertiary/aromatic N) is 1. The van der Waals surface area contributed by atoms with E-state index in [1.807, 2.05) is 22.6 Å². The van der Waals surface area contributed by atoms with Gasteiger partial charge in [0.05, 0.1) is 4.92 Å². The van der Waals surface area contributed by atoms with E-state index in [-0.39, 0.29) is 22.7 Å². The van der Waals surface area contributed by atoms with Crippen molar-refractivity contribution in [3.8, 4) is 5.75 Å². The number of carbonyl (C=O) groups excluding carboxylic acids is 2. The molecule has 1 atom stereocenters. The van der Waals surface area contributed by atoms with Crippen LogP contribution < -0.4 is 5.32 Å². The first-order valence-corrected chi connectivity index (χ1v) is 8.10. The average molecular weight is 456 g/mol. The fourth-order valence-electron chi connectivity index (χ4n) is 1.89. The maximum absolute atomic E-state index is 12.1. The number of phenolic OH excluding ortho intramolecular Hbond substituents is 1. The Morgan fingerprint density at radius 1 is 1.28 bits per heavy atom. The zero-order chi connectivity index (χ0) is 18.6. The molecule has 0 spiro atoms. The van der Waals surface area contributed by atoms with Crippen molar-refractivity contribution in [2.75, 3.05) is 5.32 Å². The van der Waals surface area contributed by atoms with Crippen molar-refractivity contribution in [2.45, 2.75) is 13.0 Å². The number of non-ortho nitro benzene ring substituents is 1. The Kier molecular flexibility index (Phi) is 5.91. The number of aromatic hydroxyl groups is 1. The third kappa shape index (κ3) is 4.89. The molecule has 0 aliphatic carbocycles. The van der Waals surface area contributed by atoms with Crippen molar-refractivity contribution in [3.05, 3.63) is 61.7 Å². The number of nitro benzene ring substituents is 1. The Bertz CT molecular complexity index is 839. The van der Waals surface area contributed by atoms with Gasteiger partial charge in [0.25, 0.3) is 11.6 Å². The molecule has 0 saturated heterocycles. The first-order valence-electron chi connectivity index (χ1n) is 7.02. The largest absolute Gasteiger partial charge is 0.507 e. The summed E-state index contributed by atoms with van der Waals surface area (Å²) in [5.74, 6) is -1.76. The number of benzene rings is 2. The summed E-state index contributed by atoms with van der Waals surface area (Å²) in [7, 11) is 0. The van der Waals surface area contributed by atoms with E-state index in [9.17, 15) is 24.8 Å². The maximum Gasteiger partial charge on any atom is 0.342 e. The monoisotopic (exact) mass is 456 g/mol. The molecule has 0 aliphatic heterocycles. The number of phenols is 1. The molecule has 0 heterocycles. The minimum Gasteiger partial charge on any atom is -0.507 e. The smallest absolute Gasteiger partial charge is 0.342 e. The highest BCUT2D eigenvalue weighted by atomic mass is 127. The number of ether oxygens (including phenoxy) is 1. The van der Waals surface area contributed by atoms with Gasteiger partial charge in [-0.2, -0.15) is 0 Å². The number of carbonyl (C=O) groups is 2. The molecule has 25 heavy (non-hydrogen) atoms. The molecule has 0 aromatic heterocycles. The number of hydrogen-bond donors (Lipinski definition) is 2. The highest BCUT2D eigenvalue weighted by Crippen LogP contribution is 2.21. The summed E-state index contributed by atoms with van der Waals surface area (Å²) in [6.45, 7) is 1.36. The Morgan fingerprint density at radius 2 is 2.00 bits per heavy atom. The Balaban J connectivity index is 2.05. The molecule has 130 valence electrons. The van der Waals surface area contributed by atoms with E-state index in [2.05, 4.69) is 5.32 Å². The minimum atomic E-state index is -1.16. The van der Waals surface area contributed by atoms with Crippen molar-refractivity contribution in [2.24, 2.45) is 0 Å². The van der Waals surface area contributed by atoms with Crippen molar-refractivity contribution < 1.29 is 24.4 Å². The van der Waals surface area contributed by atoms with Crippen LogP contribution in [0.15, 0.2) is 42.5 Å². The number of amides is 1. The number of anilines is 1. The van der Waals surface area contributed by atoms with Gasteiger partial charge in [-0.3, -0.25) is 14.9 Å². The first kappa shape index (κ1) is 18.6. The van der Waals surface area contributed by atoms with Crippen LogP contribution in [0.4, 0.5) is 11.4 Å². The van der Waals surface area contributed by atoms with Crippen LogP contribution in [-0.2, 0) is 9.53 Å². The highest BCUT2D eigenvalue weighted by Gasteiger charge is 2.21. The second kappa shape index (κ2) is 7.92. The van der Waals surface area contributed by atoms with Crippen LogP contribution in [0.3, 0.4) is 0 Å². The third-order valence-corrected chi connectivity index (χ3v) is 3.83. The lowest BCUT2D eigenvalue weighted by atomic mass is 10.2. The summed E-state index contributed by atoms with van der Waals surface area (Å²) in [6.07, 6.45) is -1.16. The normalized spacial score (nSPS) is 11.4. The zero-order valence-corrected chi connectivity index (χ0v) is 15.1. The summed E-state index contributed by atoms with van der Waals surface area (Å²) in [5.41, 5.74) is -0.0210. The van der Waals surface area contributed by atoms with Gasteiger partial charge < -0.3 is 15.2 Å². The number of nitro groups is 1. The number of halogens is 1. The van der Waals surface area contributed by atoms with Gasteiger partial charge in [-0.05, 0) is 53.8 Å². The summed E-state index contributed by atoms with van der Waals surface area (Å²) in [6, 6.07) is 9.79. The van der Waals surface area contributed by atoms with Crippen molar-refractivity contribution >= 4 is 45.8 Å². The zero-order valence-electron chi connectivity index (χ0n) is 12.9. The van der Waals surface area contributed by atoms with Crippen LogP contribution >= 0.6 is 22.6 Å². The van der Waals surface area contributed by atoms with Crippen LogP contribution in [0.2, 0.25) is 0 Å². The highest BCUT2D eigenvalue weighted by molar-refractivity contribution is 14.1. The van der Waals surface area contributed by atoms with Crippen molar-refractivity contribution in [1.29, 1.82) is 0 Å². The van der Waals surface area contributed by atoms with Gasteiger partial charge in [-0.1, -0.05) is 6.07 Å².